The number of fused-ring (bicyclic) bond motifs is 1. The van der Waals surface area contributed by atoms with Crippen LogP contribution in [0.3, 0.4) is 0 Å². The second-order valence-corrected chi connectivity index (χ2v) is 4.12. The number of hydrogen-bond donors (Lipinski definition) is 2. The topological polar surface area (TPSA) is 72.1 Å². The third-order valence-electron chi connectivity index (χ3n) is 3.24. The van der Waals surface area contributed by atoms with Gasteiger partial charge in [0.05, 0.1) is 25.2 Å². The molecule has 0 amide bonds. The molecule has 2 aromatic rings. The Bertz CT molecular complexity index is 602. The molecule has 0 bridgehead atoms. The highest BCUT2D eigenvalue weighted by Crippen LogP contribution is 2.17. The minimum atomic E-state index is -0.905. The monoisotopic (exact) mass is 248 g/mol. The van der Waals surface area contributed by atoms with Crippen LogP contribution in [0, 0.1) is 0 Å². The van der Waals surface area contributed by atoms with Gasteiger partial charge in [-0.15, -0.1) is 0 Å². The molecule has 0 aliphatic carbocycles. The van der Waals surface area contributed by atoms with Crippen LogP contribution >= 0.6 is 0 Å². The number of carboxylic acid groups (broad SMARTS) is 1. The van der Waals surface area contributed by atoms with Gasteiger partial charge in [-0.1, -0.05) is 0 Å². The summed E-state index contributed by atoms with van der Waals surface area (Å²) in [5, 5.41) is 9.06. The van der Waals surface area contributed by atoms with Gasteiger partial charge in [0.15, 0.2) is 11.0 Å². The first-order valence-corrected chi connectivity index (χ1v) is 6.12. The Morgan fingerprint density at radius 1 is 1.44 bits per heavy atom. The second kappa shape index (κ2) is 4.78. The molecule has 1 aromatic heterocycles. The highest BCUT2D eigenvalue weighted by Gasteiger charge is 2.22. The summed E-state index contributed by atoms with van der Waals surface area (Å²) >= 11 is 0. The molecule has 0 radical (unpaired) electrons. The van der Waals surface area contributed by atoms with E-state index in [1.807, 2.05) is 13.0 Å². The fourth-order valence-corrected chi connectivity index (χ4v) is 2.45. The SMILES string of the molecule is CCn1c(CN)[n+](CC)c2ccc(C(=O)O)cc21. The largest absolute Gasteiger partial charge is 0.478 e. The molecule has 0 fully saturated rings. The number of aromatic carboxylic acids is 1. The Labute approximate surface area is 105 Å². The summed E-state index contributed by atoms with van der Waals surface area (Å²) < 4.78 is 4.20. The van der Waals surface area contributed by atoms with E-state index in [1.165, 1.54) is 0 Å². The van der Waals surface area contributed by atoms with E-state index in [9.17, 15) is 4.79 Å². The van der Waals surface area contributed by atoms with Gasteiger partial charge in [0.1, 0.15) is 0 Å². The molecule has 5 heteroatoms. The molecule has 1 heterocycles. The van der Waals surface area contributed by atoms with E-state index < -0.39 is 5.97 Å². The van der Waals surface area contributed by atoms with E-state index in [-0.39, 0.29) is 0 Å². The number of carbonyl (C=O) groups is 1. The number of rotatable bonds is 4. The van der Waals surface area contributed by atoms with Crippen molar-refractivity contribution in [2.45, 2.75) is 33.5 Å². The van der Waals surface area contributed by atoms with Gasteiger partial charge >= 0.3 is 5.97 Å². The lowest BCUT2D eigenvalue weighted by Gasteiger charge is -1.98. The Morgan fingerprint density at radius 2 is 2.17 bits per heavy atom. The summed E-state index contributed by atoms with van der Waals surface area (Å²) in [5.41, 5.74) is 8.08. The lowest BCUT2D eigenvalue weighted by atomic mass is 10.2. The van der Waals surface area contributed by atoms with Crippen LogP contribution in [0.25, 0.3) is 11.0 Å². The van der Waals surface area contributed by atoms with Gasteiger partial charge in [0.2, 0.25) is 0 Å². The third-order valence-corrected chi connectivity index (χ3v) is 3.24. The van der Waals surface area contributed by atoms with Crippen molar-refractivity contribution in [2.75, 3.05) is 0 Å². The predicted molar refractivity (Wildman–Crippen MR) is 68.3 cm³/mol. The highest BCUT2D eigenvalue weighted by atomic mass is 16.4. The lowest BCUT2D eigenvalue weighted by Crippen LogP contribution is -2.38. The van der Waals surface area contributed by atoms with Crippen molar-refractivity contribution in [3.05, 3.63) is 29.6 Å². The molecular weight excluding hydrogens is 230 g/mol. The van der Waals surface area contributed by atoms with E-state index in [4.69, 9.17) is 10.8 Å². The van der Waals surface area contributed by atoms with E-state index >= 15 is 0 Å². The summed E-state index contributed by atoms with van der Waals surface area (Å²) in [6.07, 6.45) is 0. The summed E-state index contributed by atoms with van der Waals surface area (Å²) in [4.78, 5) is 11.0. The van der Waals surface area contributed by atoms with Crippen molar-refractivity contribution >= 4 is 17.0 Å². The van der Waals surface area contributed by atoms with Gasteiger partial charge in [0, 0.05) is 6.07 Å². The number of benzene rings is 1. The average Bonchev–Trinajstić information content (AvgIpc) is 2.69. The van der Waals surface area contributed by atoms with Crippen molar-refractivity contribution in [3.8, 4) is 0 Å². The van der Waals surface area contributed by atoms with Crippen molar-refractivity contribution in [1.29, 1.82) is 0 Å². The molecule has 0 aliphatic rings. The number of nitrogens with zero attached hydrogens (tertiary/aromatic N) is 2. The van der Waals surface area contributed by atoms with Crippen molar-refractivity contribution in [2.24, 2.45) is 5.73 Å². The first kappa shape index (κ1) is 12.6. The van der Waals surface area contributed by atoms with Gasteiger partial charge in [0.25, 0.3) is 5.82 Å². The molecule has 0 unspecified atom stereocenters. The van der Waals surface area contributed by atoms with Crippen LogP contribution < -0.4 is 10.3 Å². The number of hydrogen-bond acceptors (Lipinski definition) is 2. The third kappa shape index (κ3) is 1.76. The van der Waals surface area contributed by atoms with Crippen LogP contribution in [0.2, 0.25) is 0 Å². The molecule has 18 heavy (non-hydrogen) atoms. The minimum absolute atomic E-state index is 0.307. The Kier molecular flexibility index (Phi) is 3.34. The zero-order valence-corrected chi connectivity index (χ0v) is 10.7. The van der Waals surface area contributed by atoms with E-state index in [1.54, 1.807) is 12.1 Å². The Hall–Kier alpha value is -1.88. The zero-order chi connectivity index (χ0) is 13.3. The lowest BCUT2D eigenvalue weighted by molar-refractivity contribution is -0.676. The van der Waals surface area contributed by atoms with Crippen molar-refractivity contribution < 1.29 is 14.5 Å². The summed E-state index contributed by atoms with van der Waals surface area (Å²) in [5.74, 6) is 0.121. The van der Waals surface area contributed by atoms with E-state index in [2.05, 4.69) is 16.1 Å². The first-order valence-electron chi connectivity index (χ1n) is 6.12. The summed E-state index contributed by atoms with van der Waals surface area (Å²) in [6.45, 7) is 6.13. The van der Waals surface area contributed by atoms with Crippen LogP contribution in [0.4, 0.5) is 0 Å². The quantitative estimate of drug-likeness (QED) is 0.797. The number of carboxylic acids is 1. The van der Waals surface area contributed by atoms with Crippen LogP contribution in [-0.2, 0) is 19.6 Å². The van der Waals surface area contributed by atoms with Gasteiger partial charge in [-0.3, -0.25) is 0 Å². The predicted octanol–water partition coefficient (Wildman–Crippen LogP) is 1.13. The zero-order valence-electron chi connectivity index (χ0n) is 10.7. The number of aromatic nitrogens is 2. The Balaban J connectivity index is 2.81. The molecule has 0 atom stereocenters. The summed E-state index contributed by atoms with van der Waals surface area (Å²) in [6, 6.07) is 5.21. The standard InChI is InChI=1S/C13H17N3O2/c1-3-15-10-6-5-9(13(17)18)7-11(10)16(4-2)12(15)8-14/h5-7H,3-4,8,14H2,1-2H3/p+1. The average molecular weight is 248 g/mol. The fourth-order valence-electron chi connectivity index (χ4n) is 2.45. The molecule has 0 saturated carbocycles. The van der Waals surface area contributed by atoms with Crippen LogP contribution in [0.1, 0.15) is 30.0 Å². The van der Waals surface area contributed by atoms with Gasteiger partial charge in [-0.2, -0.15) is 0 Å². The Morgan fingerprint density at radius 3 is 2.67 bits per heavy atom. The highest BCUT2D eigenvalue weighted by molar-refractivity contribution is 5.91. The number of imidazole rings is 1. The van der Waals surface area contributed by atoms with Crippen molar-refractivity contribution in [3.63, 3.8) is 0 Å². The van der Waals surface area contributed by atoms with Crippen LogP contribution in [0.15, 0.2) is 18.2 Å². The molecule has 3 N–H and O–H groups in total. The molecule has 0 saturated heterocycles. The maximum atomic E-state index is 11.0. The van der Waals surface area contributed by atoms with E-state index in [0.29, 0.717) is 12.1 Å². The number of aryl methyl sites for hydroxylation is 2. The minimum Gasteiger partial charge on any atom is -0.478 e. The summed E-state index contributed by atoms with van der Waals surface area (Å²) in [7, 11) is 0. The maximum absolute atomic E-state index is 11.0. The maximum Gasteiger partial charge on any atom is 0.335 e. The molecule has 2 rings (SSSR count). The number of nitrogens with two attached hydrogens (primary N) is 1. The van der Waals surface area contributed by atoms with Crippen LogP contribution in [-0.4, -0.2) is 15.6 Å². The molecule has 1 aromatic carbocycles. The van der Waals surface area contributed by atoms with Gasteiger partial charge in [-0.05, 0) is 26.0 Å². The molecule has 96 valence electrons. The van der Waals surface area contributed by atoms with Gasteiger partial charge in [-0.25, -0.2) is 13.9 Å². The molecule has 5 nitrogen and oxygen atoms in total. The van der Waals surface area contributed by atoms with E-state index in [0.717, 1.165) is 29.9 Å². The fraction of sp³-hybridized carbons (Fsp3) is 0.385. The van der Waals surface area contributed by atoms with Gasteiger partial charge < -0.3 is 10.8 Å². The second-order valence-electron chi connectivity index (χ2n) is 4.12. The normalized spacial score (nSPS) is 11.1. The molecule has 0 aliphatic heterocycles. The first-order chi connectivity index (χ1) is 8.63. The van der Waals surface area contributed by atoms with Crippen molar-refractivity contribution in [1.82, 2.24) is 4.57 Å². The molecule has 0 spiro atoms. The smallest absolute Gasteiger partial charge is 0.335 e. The molecular formula is C13H18N3O2+. The van der Waals surface area contributed by atoms with Crippen LogP contribution in [0.5, 0.6) is 0 Å².